The third-order valence-electron chi connectivity index (χ3n) is 0.197. The molecular formula is C11H19NY2-4. The van der Waals surface area contributed by atoms with Crippen LogP contribution in [-0.4, -0.2) is 6.72 Å². The van der Waals surface area contributed by atoms with E-state index in [2.05, 4.69) is 18.3 Å². The first-order chi connectivity index (χ1) is 5.83. The van der Waals surface area contributed by atoms with Crippen molar-refractivity contribution in [3.63, 3.8) is 0 Å². The van der Waals surface area contributed by atoms with Gasteiger partial charge >= 0.3 is 0 Å². The second-order valence-corrected chi connectivity index (χ2v) is 0.683. The van der Waals surface area contributed by atoms with Crippen LogP contribution in [0.5, 0.6) is 0 Å². The summed E-state index contributed by atoms with van der Waals surface area (Å²) >= 11 is 0. The zero-order valence-electron chi connectivity index (χ0n) is 9.64. The number of hydrogen-bond donors (Lipinski definition) is 0. The van der Waals surface area contributed by atoms with Crippen molar-refractivity contribution in [1.29, 1.82) is 0 Å². The number of nitrogens with zero attached hydrogens (tertiary/aromatic N) is 1. The average molecular weight is 343 g/mol. The van der Waals surface area contributed by atoms with Gasteiger partial charge in [-0.05, 0) is 0 Å². The molecule has 0 N–H and O–H groups in total. The van der Waals surface area contributed by atoms with Crippen LogP contribution < -0.4 is 0 Å². The van der Waals surface area contributed by atoms with Crippen molar-refractivity contribution >= 4 is 6.72 Å². The second kappa shape index (κ2) is 93.1. The molecule has 3 heteroatoms. The van der Waals surface area contributed by atoms with E-state index in [9.17, 15) is 0 Å². The molecule has 0 aliphatic carbocycles. The minimum Gasteiger partial charge on any atom is -0.601 e. The smallest absolute Gasteiger partial charge is 0 e. The molecule has 0 aromatic heterocycles. The van der Waals surface area contributed by atoms with Crippen molar-refractivity contribution in [3.8, 4) is 0 Å². The SMILES string of the molecule is CC.CC.[CH-]=CC=[CH-].[CH-]=CN=[CH-].[Y].[Y]. The number of rotatable bonds is 2. The molecule has 1 nitrogen and oxygen atoms in total. The summed E-state index contributed by atoms with van der Waals surface area (Å²) in [5, 5.41) is 0. The predicted molar refractivity (Wildman–Crippen MR) is 57.8 cm³/mol. The molecule has 0 atom stereocenters. The van der Waals surface area contributed by atoms with Gasteiger partial charge < -0.3 is 43.1 Å². The van der Waals surface area contributed by atoms with Crippen LogP contribution in [0.25, 0.3) is 0 Å². The van der Waals surface area contributed by atoms with Crippen LogP contribution in [0.15, 0.2) is 23.3 Å². The molecule has 0 saturated carbocycles. The molecule has 0 amide bonds. The Kier molecular flexibility index (Phi) is 241. The van der Waals surface area contributed by atoms with E-state index < -0.39 is 0 Å². The second-order valence-electron chi connectivity index (χ2n) is 0.683. The van der Waals surface area contributed by atoms with Gasteiger partial charge in [0.2, 0.25) is 0 Å². The summed E-state index contributed by atoms with van der Waals surface area (Å²) < 4.78 is 0. The summed E-state index contributed by atoms with van der Waals surface area (Å²) in [5.74, 6) is 0. The Hall–Kier alpha value is 1.10. The van der Waals surface area contributed by atoms with Gasteiger partial charge in [-0.2, -0.15) is 6.72 Å². The van der Waals surface area contributed by atoms with Crippen molar-refractivity contribution in [2.24, 2.45) is 4.99 Å². The standard InChI is InChI=1S/C4H4.C3H3N.2C2H6.2Y/c2*1-3-4-2;2*1-2;;/h1-4H;1-3H;2*1-2H3;;/q2*-2;;;;. The van der Waals surface area contributed by atoms with Crippen LogP contribution in [0.4, 0.5) is 0 Å². The van der Waals surface area contributed by atoms with Crippen LogP contribution in [0, 0.1) is 19.7 Å². The topological polar surface area (TPSA) is 12.4 Å². The van der Waals surface area contributed by atoms with Crippen LogP contribution >= 0.6 is 0 Å². The Morgan fingerprint density at radius 1 is 0.786 bits per heavy atom. The molecule has 0 unspecified atom stereocenters. The van der Waals surface area contributed by atoms with Crippen LogP contribution in [0.1, 0.15) is 27.7 Å². The molecule has 0 rings (SSSR count). The summed E-state index contributed by atoms with van der Waals surface area (Å²) in [6.45, 7) is 26.5. The largest absolute Gasteiger partial charge is 0.601 e. The fraction of sp³-hybridized carbons (Fsp3) is 0.364. The van der Waals surface area contributed by atoms with Crippen LogP contribution in [-0.2, 0) is 65.4 Å². The minimum absolute atomic E-state index is 0. The Morgan fingerprint density at radius 2 is 0.929 bits per heavy atom. The zero-order valence-corrected chi connectivity index (χ0v) is 15.3. The monoisotopic (exact) mass is 343 g/mol. The van der Waals surface area contributed by atoms with Crippen molar-refractivity contribution in [3.05, 3.63) is 38.1 Å². The van der Waals surface area contributed by atoms with Crippen LogP contribution in [0.2, 0.25) is 0 Å². The average Bonchev–Trinajstić information content (AvgIpc) is 2.23. The normalized spacial score (nSPS) is 3.71. The van der Waals surface area contributed by atoms with Gasteiger partial charge in [0.25, 0.3) is 0 Å². The molecule has 14 heavy (non-hydrogen) atoms. The first kappa shape index (κ1) is 36.3. The van der Waals surface area contributed by atoms with Gasteiger partial charge in [-0.1, -0.05) is 27.7 Å². The molecular weight excluding hydrogens is 324 g/mol. The zero-order chi connectivity index (χ0) is 10.8. The molecule has 0 aromatic carbocycles. The van der Waals surface area contributed by atoms with E-state index in [4.69, 9.17) is 13.2 Å². The summed E-state index contributed by atoms with van der Waals surface area (Å²) in [5.41, 5.74) is 0. The number of hydrogen-bond acceptors (Lipinski definition) is 1. The van der Waals surface area contributed by atoms with E-state index in [1.807, 2.05) is 27.7 Å². The van der Waals surface area contributed by atoms with Gasteiger partial charge in [0, 0.05) is 65.4 Å². The molecule has 2 radical (unpaired) electrons. The Morgan fingerprint density at radius 3 is 0.929 bits per heavy atom. The summed E-state index contributed by atoms with van der Waals surface area (Å²) in [4.78, 5) is 2.89. The number of aliphatic imine (C=N–C) groups is 1. The summed E-state index contributed by atoms with van der Waals surface area (Å²) in [6.07, 6.45) is 3.58. The van der Waals surface area contributed by atoms with E-state index in [0.29, 0.717) is 0 Å². The maximum atomic E-state index is 4.72. The van der Waals surface area contributed by atoms with Gasteiger partial charge in [0.05, 0.1) is 0 Å². The van der Waals surface area contributed by atoms with Gasteiger partial charge in [-0.15, -0.1) is 0 Å². The minimum atomic E-state index is 0. The van der Waals surface area contributed by atoms with E-state index in [1.165, 1.54) is 12.2 Å². The first-order valence-corrected chi connectivity index (χ1v) is 3.85. The van der Waals surface area contributed by atoms with Crippen molar-refractivity contribution in [2.45, 2.75) is 27.7 Å². The molecule has 78 valence electrons. The molecule has 0 fully saturated rings. The molecule has 0 aromatic rings. The Labute approximate surface area is 141 Å². The van der Waals surface area contributed by atoms with E-state index >= 15 is 0 Å². The molecule has 0 bridgehead atoms. The van der Waals surface area contributed by atoms with Crippen molar-refractivity contribution < 1.29 is 65.4 Å². The maximum Gasteiger partial charge on any atom is 0 e. The number of allylic oxidation sites excluding steroid dienone is 2. The molecule has 0 aliphatic heterocycles. The third kappa shape index (κ3) is 200. The fourth-order valence-electron chi connectivity index (χ4n) is 0. The van der Waals surface area contributed by atoms with E-state index in [0.717, 1.165) is 6.20 Å². The predicted octanol–water partition coefficient (Wildman–Crippen LogP) is 3.52. The maximum absolute atomic E-state index is 4.72. The quantitative estimate of drug-likeness (QED) is 0.413. The summed E-state index contributed by atoms with van der Waals surface area (Å²) in [7, 11) is 0. The molecule has 0 saturated heterocycles. The van der Waals surface area contributed by atoms with Gasteiger partial charge in [-0.3, -0.25) is 0 Å². The molecule has 0 heterocycles. The fourth-order valence-corrected chi connectivity index (χ4v) is 0. The van der Waals surface area contributed by atoms with Crippen molar-refractivity contribution in [2.75, 3.05) is 0 Å². The first-order valence-electron chi connectivity index (χ1n) is 3.85. The Balaban J connectivity index is -0.0000000153. The van der Waals surface area contributed by atoms with Gasteiger partial charge in [0.1, 0.15) is 0 Å². The molecule has 0 aliphatic rings. The third-order valence-corrected chi connectivity index (χ3v) is 0.197. The van der Waals surface area contributed by atoms with E-state index in [1.54, 1.807) is 0 Å². The summed E-state index contributed by atoms with van der Waals surface area (Å²) in [6, 6.07) is 0. The Bertz CT molecular complexity index is 67.3. The van der Waals surface area contributed by atoms with Gasteiger partial charge in [-0.25, -0.2) is 0 Å². The molecule has 0 spiro atoms. The van der Waals surface area contributed by atoms with Crippen LogP contribution in [0.3, 0.4) is 0 Å². The van der Waals surface area contributed by atoms with E-state index in [-0.39, 0.29) is 65.4 Å². The van der Waals surface area contributed by atoms with Crippen molar-refractivity contribution in [1.82, 2.24) is 0 Å². The van der Waals surface area contributed by atoms with Gasteiger partial charge in [0.15, 0.2) is 0 Å².